The van der Waals surface area contributed by atoms with Crippen LogP contribution in [0, 0.1) is 0 Å². The van der Waals surface area contributed by atoms with E-state index in [0.29, 0.717) is 23.8 Å². The zero-order chi connectivity index (χ0) is 14.8. The normalized spacial score (nSPS) is 16.3. The molecule has 1 amide bonds. The molecule has 0 aliphatic carbocycles. The van der Waals surface area contributed by atoms with Crippen molar-refractivity contribution in [2.75, 3.05) is 11.9 Å². The van der Waals surface area contributed by atoms with E-state index in [1.54, 1.807) is 12.1 Å². The Hall–Kier alpha value is -2.53. The summed E-state index contributed by atoms with van der Waals surface area (Å²) in [6.07, 6.45) is 0. The van der Waals surface area contributed by atoms with Gasteiger partial charge in [0.15, 0.2) is 0 Å². The molecular formula is C16H16N2O3. The molecular weight excluding hydrogens is 268 g/mol. The van der Waals surface area contributed by atoms with Crippen molar-refractivity contribution in [3.8, 4) is 17.2 Å². The summed E-state index contributed by atoms with van der Waals surface area (Å²) in [6.45, 7) is 2.57. The van der Waals surface area contributed by atoms with Gasteiger partial charge in [-0.25, -0.2) is 0 Å². The average Bonchev–Trinajstić information content (AvgIpc) is 2.76. The van der Waals surface area contributed by atoms with Gasteiger partial charge in [0, 0.05) is 17.3 Å². The van der Waals surface area contributed by atoms with E-state index in [1.807, 2.05) is 37.3 Å². The van der Waals surface area contributed by atoms with Crippen LogP contribution < -0.4 is 20.5 Å². The lowest BCUT2D eigenvalue weighted by atomic mass is 10.1. The first-order chi connectivity index (χ1) is 10.2. The first kappa shape index (κ1) is 13.5. The molecule has 21 heavy (non-hydrogen) atoms. The fraction of sp³-hybridized carbons (Fsp3) is 0.188. The molecule has 0 spiro atoms. The molecule has 2 aromatic rings. The highest BCUT2D eigenvalue weighted by molar-refractivity contribution is 6.02. The summed E-state index contributed by atoms with van der Waals surface area (Å²) in [5.74, 6) is 1.96. The van der Waals surface area contributed by atoms with Crippen LogP contribution in [0.25, 0.3) is 0 Å². The molecule has 3 N–H and O–H groups in total. The van der Waals surface area contributed by atoms with Crippen LogP contribution in [0.1, 0.15) is 18.5 Å². The summed E-state index contributed by atoms with van der Waals surface area (Å²) in [6, 6.07) is 12.2. The second-order valence-corrected chi connectivity index (χ2v) is 4.72. The van der Waals surface area contributed by atoms with Crippen molar-refractivity contribution in [2.45, 2.75) is 13.0 Å². The standard InChI is InChI=1S/C16H16N2O3/c1-2-20-10-3-5-11(6-4-10)21-12-7-8-13-14(9-12)18-16(19)15(13)17/h3-9,15H,2,17H2,1H3,(H,18,19). The number of carbonyl (C=O) groups excluding carboxylic acids is 1. The van der Waals surface area contributed by atoms with Crippen LogP contribution in [-0.2, 0) is 4.79 Å². The lowest BCUT2D eigenvalue weighted by Crippen LogP contribution is -2.19. The van der Waals surface area contributed by atoms with Gasteiger partial charge >= 0.3 is 0 Å². The molecule has 5 heteroatoms. The molecule has 1 heterocycles. The third-order valence-corrected chi connectivity index (χ3v) is 3.27. The zero-order valence-corrected chi connectivity index (χ0v) is 11.6. The number of benzene rings is 2. The average molecular weight is 284 g/mol. The Morgan fingerprint density at radius 1 is 1.10 bits per heavy atom. The minimum atomic E-state index is -0.598. The molecule has 0 fully saturated rings. The quantitative estimate of drug-likeness (QED) is 0.905. The van der Waals surface area contributed by atoms with E-state index >= 15 is 0 Å². The predicted molar refractivity (Wildman–Crippen MR) is 79.7 cm³/mol. The number of anilines is 1. The molecule has 3 rings (SSSR count). The van der Waals surface area contributed by atoms with E-state index in [0.717, 1.165) is 11.3 Å². The first-order valence-electron chi connectivity index (χ1n) is 6.78. The largest absolute Gasteiger partial charge is 0.494 e. The fourth-order valence-corrected chi connectivity index (χ4v) is 2.24. The van der Waals surface area contributed by atoms with Crippen molar-refractivity contribution in [3.05, 3.63) is 48.0 Å². The zero-order valence-electron chi connectivity index (χ0n) is 11.6. The smallest absolute Gasteiger partial charge is 0.245 e. The number of carbonyl (C=O) groups is 1. The lowest BCUT2D eigenvalue weighted by molar-refractivity contribution is -0.116. The van der Waals surface area contributed by atoms with E-state index in [2.05, 4.69) is 5.32 Å². The number of nitrogens with one attached hydrogen (secondary N) is 1. The molecule has 0 saturated carbocycles. The second kappa shape index (κ2) is 5.46. The Kier molecular flexibility index (Phi) is 3.50. The van der Waals surface area contributed by atoms with Crippen molar-refractivity contribution in [1.29, 1.82) is 0 Å². The van der Waals surface area contributed by atoms with Crippen LogP contribution in [0.2, 0.25) is 0 Å². The Bertz CT molecular complexity index is 668. The van der Waals surface area contributed by atoms with Gasteiger partial charge in [-0.1, -0.05) is 6.07 Å². The van der Waals surface area contributed by atoms with Gasteiger partial charge in [-0.3, -0.25) is 4.79 Å². The van der Waals surface area contributed by atoms with Crippen LogP contribution in [0.3, 0.4) is 0 Å². The molecule has 1 aliphatic heterocycles. The van der Waals surface area contributed by atoms with Crippen LogP contribution >= 0.6 is 0 Å². The number of nitrogens with two attached hydrogens (primary N) is 1. The number of hydrogen-bond donors (Lipinski definition) is 2. The maximum absolute atomic E-state index is 11.5. The van der Waals surface area contributed by atoms with Gasteiger partial charge in [-0.15, -0.1) is 0 Å². The Morgan fingerprint density at radius 3 is 2.48 bits per heavy atom. The van der Waals surface area contributed by atoms with Crippen LogP contribution in [-0.4, -0.2) is 12.5 Å². The highest BCUT2D eigenvalue weighted by Gasteiger charge is 2.27. The number of hydrogen-bond acceptors (Lipinski definition) is 4. The fourth-order valence-electron chi connectivity index (χ4n) is 2.24. The molecule has 0 radical (unpaired) electrons. The van der Waals surface area contributed by atoms with Crippen molar-refractivity contribution < 1.29 is 14.3 Å². The molecule has 0 bridgehead atoms. The van der Waals surface area contributed by atoms with Crippen molar-refractivity contribution in [3.63, 3.8) is 0 Å². The molecule has 1 atom stereocenters. The topological polar surface area (TPSA) is 73.6 Å². The minimum absolute atomic E-state index is 0.191. The van der Waals surface area contributed by atoms with Crippen LogP contribution in [0.15, 0.2) is 42.5 Å². The molecule has 0 aromatic heterocycles. The molecule has 108 valence electrons. The molecule has 0 saturated heterocycles. The van der Waals surface area contributed by atoms with Crippen LogP contribution in [0.5, 0.6) is 17.2 Å². The Morgan fingerprint density at radius 2 is 1.76 bits per heavy atom. The summed E-state index contributed by atoms with van der Waals surface area (Å²) in [4.78, 5) is 11.5. The molecule has 2 aromatic carbocycles. The summed E-state index contributed by atoms with van der Waals surface area (Å²) < 4.78 is 11.1. The van der Waals surface area contributed by atoms with E-state index in [4.69, 9.17) is 15.2 Å². The number of fused-ring (bicyclic) bond motifs is 1. The SMILES string of the molecule is CCOc1ccc(Oc2ccc3c(c2)NC(=O)C3N)cc1. The molecule has 1 aliphatic rings. The summed E-state index contributed by atoms with van der Waals surface area (Å²) in [5.41, 5.74) is 7.27. The van der Waals surface area contributed by atoms with E-state index in [-0.39, 0.29) is 5.91 Å². The van der Waals surface area contributed by atoms with E-state index in [1.165, 1.54) is 0 Å². The first-order valence-corrected chi connectivity index (χ1v) is 6.78. The summed E-state index contributed by atoms with van der Waals surface area (Å²) >= 11 is 0. The van der Waals surface area contributed by atoms with Crippen molar-refractivity contribution in [2.24, 2.45) is 5.73 Å². The van der Waals surface area contributed by atoms with Crippen LogP contribution in [0.4, 0.5) is 5.69 Å². The number of rotatable bonds is 4. The highest BCUT2D eigenvalue weighted by Crippen LogP contribution is 2.34. The molecule has 1 unspecified atom stereocenters. The van der Waals surface area contributed by atoms with Gasteiger partial charge in [0.25, 0.3) is 0 Å². The number of ether oxygens (including phenoxy) is 2. The van der Waals surface area contributed by atoms with Gasteiger partial charge in [0.1, 0.15) is 23.3 Å². The Labute approximate surface area is 122 Å². The van der Waals surface area contributed by atoms with Gasteiger partial charge in [-0.2, -0.15) is 0 Å². The third-order valence-electron chi connectivity index (χ3n) is 3.27. The second-order valence-electron chi connectivity index (χ2n) is 4.72. The Balaban J connectivity index is 1.77. The summed E-state index contributed by atoms with van der Waals surface area (Å²) in [7, 11) is 0. The minimum Gasteiger partial charge on any atom is -0.494 e. The lowest BCUT2D eigenvalue weighted by Gasteiger charge is -2.09. The maximum atomic E-state index is 11.5. The van der Waals surface area contributed by atoms with Crippen molar-refractivity contribution >= 4 is 11.6 Å². The highest BCUT2D eigenvalue weighted by atomic mass is 16.5. The maximum Gasteiger partial charge on any atom is 0.245 e. The van der Waals surface area contributed by atoms with E-state index in [9.17, 15) is 4.79 Å². The summed E-state index contributed by atoms with van der Waals surface area (Å²) in [5, 5.41) is 2.74. The van der Waals surface area contributed by atoms with Crippen molar-refractivity contribution in [1.82, 2.24) is 0 Å². The van der Waals surface area contributed by atoms with Gasteiger partial charge in [0.2, 0.25) is 5.91 Å². The molecule has 5 nitrogen and oxygen atoms in total. The van der Waals surface area contributed by atoms with Gasteiger partial charge < -0.3 is 20.5 Å². The number of amides is 1. The third kappa shape index (κ3) is 2.68. The van der Waals surface area contributed by atoms with Gasteiger partial charge in [0.05, 0.1) is 6.61 Å². The van der Waals surface area contributed by atoms with Gasteiger partial charge in [-0.05, 0) is 37.3 Å². The predicted octanol–water partition coefficient (Wildman–Crippen LogP) is 2.83. The monoisotopic (exact) mass is 284 g/mol. The van der Waals surface area contributed by atoms with E-state index < -0.39 is 6.04 Å².